The number of sulfonamides is 1. The van der Waals surface area contributed by atoms with Crippen molar-refractivity contribution in [3.63, 3.8) is 0 Å². The minimum absolute atomic E-state index is 0.133. The van der Waals surface area contributed by atoms with Gasteiger partial charge in [0, 0.05) is 18.2 Å². The summed E-state index contributed by atoms with van der Waals surface area (Å²) in [6, 6.07) is 5.66. The molecule has 0 saturated heterocycles. The van der Waals surface area contributed by atoms with Crippen LogP contribution in [0.15, 0.2) is 29.2 Å². The Morgan fingerprint density at radius 3 is 2.09 bits per heavy atom. The molecular formula is C16H27N3O3S. The third-order valence-electron chi connectivity index (χ3n) is 3.92. The highest BCUT2D eigenvalue weighted by Gasteiger charge is 2.29. The first-order valence-electron chi connectivity index (χ1n) is 7.67. The van der Waals surface area contributed by atoms with Crippen molar-refractivity contribution in [1.82, 2.24) is 10.0 Å². The molecule has 6 nitrogen and oxygen atoms in total. The summed E-state index contributed by atoms with van der Waals surface area (Å²) in [6.45, 7) is 9.68. The van der Waals surface area contributed by atoms with Crippen LogP contribution >= 0.6 is 0 Å². The van der Waals surface area contributed by atoms with Gasteiger partial charge in [-0.3, -0.25) is 4.79 Å². The molecule has 0 spiro atoms. The van der Waals surface area contributed by atoms with Crippen molar-refractivity contribution in [3.05, 3.63) is 29.8 Å². The first kappa shape index (κ1) is 19.6. The van der Waals surface area contributed by atoms with Gasteiger partial charge in [0.05, 0.1) is 10.4 Å². The molecule has 0 aliphatic carbocycles. The van der Waals surface area contributed by atoms with Gasteiger partial charge >= 0.3 is 0 Å². The van der Waals surface area contributed by atoms with Crippen LogP contribution in [0.25, 0.3) is 0 Å². The number of nitrogens with two attached hydrogens (primary N) is 1. The first-order valence-corrected chi connectivity index (χ1v) is 9.15. The van der Waals surface area contributed by atoms with Crippen molar-refractivity contribution in [2.45, 2.75) is 51.1 Å². The Hall–Kier alpha value is -1.44. The Morgan fingerprint density at radius 2 is 1.70 bits per heavy atom. The van der Waals surface area contributed by atoms with Gasteiger partial charge in [0.25, 0.3) is 5.91 Å². The van der Waals surface area contributed by atoms with Crippen LogP contribution in [-0.2, 0) is 10.0 Å². The largest absolute Gasteiger partial charge is 0.345 e. The van der Waals surface area contributed by atoms with E-state index in [4.69, 9.17) is 5.73 Å². The van der Waals surface area contributed by atoms with E-state index in [0.717, 1.165) is 0 Å². The molecule has 23 heavy (non-hydrogen) atoms. The number of nitrogens with one attached hydrogen (secondary N) is 2. The normalized spacial score (nSPS) is 14.8. The number of hydrogen-bond donors (Lipinski definition) is 3. The molecule has 0 aliphatic heterocycles. The van der Waals surface area contributed by atoms with Crippen LogP contribution in [0.3, 0.4) is 0 Å². The maximum Gasteiger partial charge on any atom is 0.251 e. The van der Waals surface area contributed by atoms with Crippen molar-refractivity contribution in [3.8, 4) is 0 Å². The van der Waals surface area contributed by atoms with E-state index in [1.807, 2.05) is 20.8 Å². The minimum Gasteiger partial charge on any atom is -0.345 e. The molecule has 130 valence electrons. The van der Waals surface area contributed by atoms with Gasteiger partial charge in [0.15, 0.2) is 0 Å². The summed E-state index contributed by atoms with van der Waals surface area (Å²) in [7, 11) is -3.56. The van der Waals surface area contributed by atoms with Crippen molar-refractivity contribution in [2.24, 2.45) is 11.7 Å². The minimum atomic E-state index is -3.56. The Bertz CT molecular complexity index is 639. The zero-order chi connectivity index (χ0) is 17.8. The van der Waals surface area contributed by atoms with E-state index in [2.05, 4.69) is 10.0 Å². The maximum absolute atomic E-state index is 12.3. The van der Waals surface area contributed by atoms with E-state index in [1.54, 1.807) is 13.8 Å². The zero-order valence-corrected chi connectivity index (χ0v) is 15.2. The van der Waals surface area contributed by atoms with Gasteiger partial charge in [-0.2, -0.15) is 0 Å². The van der Waals surface area contributed by atoms with E-state index >= 15 is 0 Å². The number of benzene rings is 1. The van der Waals surface area contributed by atoms with Crippen LogP contribution in [0, 0.1) is 5.92 Å². The van der Waals surface area contributed by atoms with E-state index in [-0.39, 0.29) is 22.8 Å². The lowest BCUT2D eigenvalue weighted by Gasteiger charge is -2.33. The molecule has 1 aromatic carbocycles. The molecule has 4 N–H and O–H groups in total. The van der Waals surface area contributed by atoms with E-state index < -0.39 is 15.6 Å². The molecular weight excluding hydrogens is 314 g/mol. The lowest BCUT2D eigenvalue weighted by atomic mass is 9.88. The van der Waals surface area contributed by atoms with Crippen molar-refractivity contribution in [2.75, 3.05) is 6.54 Å². The van der Waals surface area contributed by atoms with Crippen LogP contribution in [-0.4, -0.2) is 32.5 Å². The molecule has 0 fully saturated rings. The summed E-state index contributed by atoms with van der Waals surface area (Å²) in [5.74, 6) is -0.0984. The van der Waals surface area contributed by atoms with Crippen LogP contribution < -0.4 is 15.8 Å². The average Bonchev–Trinajstić information content (AvgIpc) is 2.45. The maximum atomic E-state index is 12.3. The van der Waals surface area contributed by atoms with Crippen molar-refractivity contribution in [1.29, 1.82) is 0 Å². The molecule has 0 heterocycles. The van der Waals surface area contributed by atoms with Crippen LogP contribution in [0.2, 0.25) is 0 Å². The fourth-order valence-corrected chi connectivity index (χ4v) is 3.18. The third kappa shape index (κ3) is 5.02. The second-order valence-electron chi connectivity index (χ2n) is 6.53. The summed E-state index contributed by atoms with van der Waals surface area (Å²) >= 11 is 0. The Morgan fingerprint density at radius 1 is 1.17 bits per heavy atom. The van der Waals surface area contributed by atoms with Crippen molar-refractivity contribution >= 4 is 15.9 Å². The summed E-state index contributed by atoms with van der Waals surface area (Å²) in [6.07, 6.45) is 0. The SMILES string of the molecule is CC(C)NS(=O)(=O)c1ccc(C(=O)NC(C)(CN)C(C)C)cc1. The van der Waals surface area contributed by atoms with Gasteiger partial charge in [-0.1, -0.05) is 13.8 Å². The van der Waals surface area contributed by atoms with Gasteiger partial charge in [-0.05, 0) is 51.0 Å². The number of amides is 1. The fraction of sp³-hybridized carbons (Fsp3) is 0.562. The van der Waals surface area contributed by atoms with E-state index in [0.29, 0.717) is 12.1 Å². The molecule has 1 amide bonds. The highest BCUT2D eigenvalue weighted by atomic mass is 32.2. The summed E-state index contributed by atoms with van der Waals surface area (Å²) in [5.41, 5.74) is 5.64. The van der Waals surface area contributed by atoms with Gasteiger partial charge in [-0.15, -0.1) is 0 Å². The monoisotopic (exact) mass is 341 g/mol. The Labute approximate surface area is 138 Å². The number of rotatable bonds is 7. The molecule has 0 aromatic heterocycles. The smallest absolute Gasteiger partial charge is 0.251 e. The molecule has 0 aliphatic rings. The number of carbonyl (C=O) groups excluding carboxylic acids is 1. The molecule has 1 unspecified atom stereocenters. The molecule has 0 radical (unpaired) electrons. The molecule has 0 saturated carbocycles. The van der Waals surface area contributed by atoms with E-state index in [9.17, 15) is 13.2 Å². The fourth-order valence-electron chi connectivity index (χ4n) is 1.93. The quantitative estimate of drug-likeness (QED) is 0.699. The highest BCUT2D eigenvalue weighted by Crippen LogP contribution is 2.17. The van der Waals surface area contributed by atoms with Crippen LogP contribution in [0.4, 0.5) is 0 Å². The van der Waals surface area contributed by atoms with Gasteiger partial charge in [0.1, 0.15) is 0 Å². The lowest BCUT2D eigenvalue weighted by Crippen LogP contribution is -2.55. The summed E-state index contributed by atoms with van der Waals surface area (Å²) in [4.78, 5) is 12.5. The second kappa shape index (κ2) is 7.42. The first-order chi connectivity index (χ1) is 10.5. The number of hydrogen-bond acceptors (Lipinski definition) is 4. The Kier molecular flexibility index (Phi) is 6.33. The standard InChI is InChI=1S/C16H27N3O3S/c1-11(2)16(5,10-17)18-15(20)13-6-8-14(9-7-13)23(21,22)19-12(3)4/h6-9,11-12,19H,10,17H2,1-5H3,(H,18,20). The molecule has 0 bridgehead atoms. The predicted octanol–water partition coefficient (Wildman–Crippen LogP) is 1.48. The molecule has 1 rings (SSSR count). The summed E-state index contributed by atoms with van der Waals surface area (Å²) < 4.78 is 26.6. The van der Waals surface area contributed by atoms with Gasteiger partial charge in [0.2, 0.25) is 10.0 Å². The lowest BCUT2D eigenvalue weighted by molar-refractivity contribution is 0.0883. The van der Waals surface area contributed by atoms with Crippen LogP contribution in [0.1, 0.15) is 45.0 Å². The third-order valence-corrected chi connectivity index (χ3v) is 5.59. The Balaban J connectivity index is 2.95. The highest BCUT2D eigenvalue weighted by molar-refractivity contribution is 7.89. The summed E-state index contributed by atoms with van der Waals surface area (Å²) in [5, 5.41) is 2.92. The van der Waals surface area contributed by atoms with Gasteiger partial charge < -0.3 is 11.1 Å². The predicted molar refractivity (Wildman–Crippen MR) is 91.7 cm³/mol. The molecule has 7 heteroatoms. The second-order valence-corrected chi connectivity index (χ2v) is 8.24. The zero-order valence-electron chi connectivity index (χ0n) is 14.4. The number of carbonyl (C=O) groups is 1. The van der Waals surface area contributed by atoms with Crippen LogP contribution in [0.5, 0.6) is 0 Å². The molecule has 1 atom stereocenters. The van der Waals surface area contributed by atoms with E-state index in [1.165, 1.54) is 24.3 Å². The topological polar surface area (TPSA) is 101 Å². The molecule has 1 aromatic rings. The average molecular weight is 341 g/mol. The van der Waals surface area contributed by atoms with Gasteiger partial charge in [-0.25, -0.2) is 13.1 Å². The van der Waals surface area contributed by atoms with Crippen molar-refractivity contribution < 1.29 is 13.2 Å².